The van der Waals surface area contributed by atoms with Crippen LogP contribution in [0.2, 0.25) is 0 Å². The molecular formula is C28H44O4S3. The number of hydrogen-bond acceptors (Lipinski definition) is 5. The van der Waals surface area contributed by atoms with Gasteiger partial charge in [-0.1, -0.05) is 119 Å². The molecule has 0 saturated carbocycles. The Kier molecular flexibility index (Phi) is 16.7. The number of carbonyl (C=O) groups is 2. The molecule has 0 bridgehead atoms. The molecule has 2 atom stereocenters. The minimum absolute atomic E-state index is 0.175. The minimum atomic E-state index is -0.945. The third kappa shape index (κ3) is 14.3. The molecule has 0 aliphatic heterocycles. The molecule has 0 aliphatic rings. The van der Waals surface area contributed by atoms with Crippen LogP contribution in [0.5, 0.6) is 0 Å². The number of aliphatic carboxylic acids is 2. The van der Waals surface area contributed by atoms with E-state index in [2.05, 4.69) is 6.92 Å². The van der Waals surface area contributed by atoms with Gasteiger partial charge in [-0.25, -0.2) is 0 Å². The molecule has 0 fully saturated rings. The molecule has 0 amide bonds. The van der Waals surface area contributed by atoms with Crippen LogP contribution in [-0.4, -0.2) is 36.7 Å². The second kappa shape index (κ2) is 18.2. The summed E-state index contributed by atoms with van der Waals surface area (Å²) in [6.45, 7) is 5.64. The summed E-state index contributed by atoms with van der Waals surface area (Å²) in [5, 5.41) is 18.8. The first-order chi connectivity index (χ1) is 16.7. The number of hydrogen-bond donors (Lipinski definition) is 2. The number of thiocarbonyl (C=S) groups is 1. The largest absolute Gasteiger partial charge is 0.481 e. The molecule has 0 spiro atoms. The fraction of sp³-hybridized carbons (Fsp3) is 0.679. The van der Waals surface area contributed by atoms with E-state index in [1.54, 1.807) is 25.6 Å². The first-order valence-corrected chi connectivity index (χ1v) is 15.3. The van der Waals surface area contributed by atoms with Crippen molar-refractivity contribution in [3.63, 3.8) is 0 Å². The van der Waals surface area contributed by atoms with Crippen molar-refractivity contribution in [1.29, 1.82) is 0 Å². The van der Waals surface area contributed by atoms with Crippen molar-refractivity contribution in [3.05, 3.63) is 35.9 Å². The summed E-state index contributed by atoms with van der Waals surface area (Å²) in [6, 6.07) is 9.62. The van der Waals surface area contributed by atoms with Crippen LogP contribution in [0.4, 0.5) is 0 Å². The van der Waals surface area contributed by atoms with Crippen LogP contribution in [0.25, 0.3) is 0 Å². The molecule has 2 N–H and O–H groups in total. The van der Waals surface area contributed by atoms with Gasteiger partial charge < -0.3 is 10.2 Å². The van der Waals surface area contributed by atoms with Crippen LogP contribution >= 0.6 is 35.7 Å². The highest BCUT2D eigenvalue weighted by Crippen LogP contribution is 2.38. The summed E-state index contributed by atoms with van der Waals surface area (Å²) in [4.78, 5) is 23.8. The van der Waals surface area contributed by atoms with Crippen LogP contribution < -0.4 is 0 Å². The Balaban J connectivity index is 2.48. The fourth-order valence-corrected chi connectivity index (χ4v) is 6.76. The lowest BCUT2D eigenvalue weighted by Crippen LogP contribution is -2.29. The van der Waals surface area contributed by atoms with Gasteiger partial charge in [-0.05, 0) is 50.3 Å². The SMILES string of the molecule is CCCCCCCCCCCCSC(=S)SC(CC(CC(C)(C)C(=O)O)c1ccccc1)C(=O)O. The van der Waals surface area contributed by atoms with Crippen LogP contribution in [0.15, 0.2) is 30.3 Å². The molecule has 1 rings (SSSR count). The highest BCUT2D eigenvalue weighted by molar-refractivity contribution is 8.47. The smallest absolute Gasteiger partial charge is 0.317 e. The van der Waals surface area contributed by atoms with Crippen molar-refractivity contribution < 1.29 is 19.8 Å². The Labute approximate surface area is 226 Å². The van der Waals surface area contributed by atoms with Gasteiger partial charge in [-0.15, -0.1) is 11.8 Å². The Bertz CT molecular complexity index is 752. The van der Waals surface area contributed by atoms with Crippen molar-refractivity contribution in [2.75, 3.05) is 5.75 Å². The lowest BCUT2D eigenvalue weighted by Gasteiger charge is -2.28. The van der Waals surface area contributed by atoms with Crippen molar-refractivity contribution >= 4 is 51.2 Å². The first kappa shape index (κ1) is 32.0. The lowest BCUT2D eigenvalue weighted by molar-refractivity contribution is -0.147. The van der Waals surface area contributed by atoms with Crippen molar-refractivity contribution in [2.24, 2.45) is 5.41 Å². The molecule has 0 radical (unpaired) electrons. The van der Waals surface area contributed by atoms with Crippen molar-refractivity contribution in [3.8, 4) is 0 Å². The molecule has 0 aromatic heterocycles. The zero-order valence-electron chi connectivity index (χ0n) is 21.7. The zero-order chi connectivity index (χ0) is 26.1. The summed E-state index contributed by atoms with van der Waals surface area (Å²) in [7, 11) is 0. The lowest BCUT2D eigenvalue weighted by atomic mass is 9.78. The molecule has 7 heteroatoms. The molecule has 198 valence electrons. The van der Waals surface area contributed by atoms with Gasteiger partial charge >= 0.3 is 11.9 Å². The van der Waals surface area contributed by atoms with Gasteiger partial charge in [0.25, 0.3) is 0 Å². The molecule has 0 aliphatic carbocycles. The number of carboxylic acids is 2. The minimum Gasteiger partial charge on any atom is -0.481 e. The van der Waals surface area contributed by atoms with Gasteiger partial charge in [-0.3, -0.25) is 9.59 Å². The Morgan fingerprint density at radius 3 is 1.97 bits per heavy atom. The highest BCUT2D eigenvalue weighted by atomic mass is 32.2. The summed E-state index contributed by atoms with van der Waals surface area (Å²) in [5.41, 5.74) is 0.0246. The van der Waals surface area contributed by atoms with Crippen molar-refractivity contribution in [2.45, 2.75) is 109 Å². The van der Waals surface area contributed by atoms with Gasteiger partial charge in [0.15, 0.2) is 0 Å². The summed E-state index contributed by atoms with van der Waals surface area (Å²) in [6.07, 6.45) is 13.6. The number of benzene rings is 1. The number of rotatable bonds is 19. The monoisotopic (exact) mass is 540 g/mol. The fourth-order valence-electron chi connectivity index (χ4n) is 4.12. The summed E-state index contributed by atoms with van der Waals surface area (Å²) in [5.74, 6) is -1.03. The standard InChI is InChI=1S/C28H44O4S3/c1-4-5-6-7-8-9-10-11-12-16-19-34-27(33)35-24(25(29)30)20-23(21-28(2,3)26(31)32)22-17-14-13-15-18-22/h13-15,17-18,23-24H,4-12,16,19-21H2,1-3H3,(H,29,30)(H,31,32). The first-order valence-electron chi connectivity index (χ1n) is 13.0. The van der Waals surface area contributed by atoms with Crippen LogP contribution in [-0.2, 0) is 9.59 Å². The molecule has 1 aromatic carbocycles. The van der Waals surface area contributed by atoms with E-state index in [9.17, 15) is 19.8 Å². The van der Waals surface area contributed by atoms with Gasteiger partial charge in [0.05, 0.1) is 5.41 Å². The van der Waals surface area contributed by atoms with Gasteiger partial charge in [-0.2, -0.15) is 0 Å². The van der Waals surface area contributed by atoms with Crippen LogP contribution in [0.1, 0.15) is 109 Å². The molecular weight excluding hydrogens is 497 g/mol. The predicted molar refractivity (Wildman–Crippen MR) is 156 cm³/mol. The molecule has 1 aromatic rings. The molecule has 0 saturated heterocycles. The maximum atomic E-state index is 12.1. The second-order valence-electron chi connectivity index (χ2n) is 9.96. The van der Waals surface area contributed by atoms with Crippen LogP contribution in [0, 0.1) is 5.41 Å². The average molecular weight is 541 g/mol. The molecule has 35 heavy (non-hydrogen) atoms. The Morgan fingerprint density at radius 1 is 0.914 bits per heavy atom. The topological polar surface area (TPSA) is 74.6 Å². The highest BCUT2D eigenvalue weighted by Gasteiger charge is 2.34. The molecule has 2 unspecified atom stereocenters. The van der Waals surface area contributed by atoms with Crippen LogP contribution in [0.3, 0.4) is 0 Å². The van der Waals surface area contributed by atoms with Gasteiger partial charge in [0.1, 0.15) is 8.78 Å². The van der Waals surface area contributed by atoms with Gasteiger partial charge in [0, 0.05) is 0 Å². The average Bonchev–Trinajstić information content (AvgIpc) is 2.81. The van der Waals surface area contributed by atoms with E-state index in [1.807, 2.05) is 30.3 Å². The van der Waals surface area contributed by atoms with E-state index in [4.69, 9.17) is 12.2 Å². The summed E-state index contributed by atoms with van der Waals surface area (Å²) < 4.78 is 0.664. The zero-order valence-corrected chi connectivity index (χ0v) is 24.1. The molecule has 0 heterocycles. The predicted octanol–water partition coefficient (Wildman–Crippen LogP) is 8.79. The Morgan fingerprint density at radius 2 is 1.46 bits per heavy atom. The quantitative estimate of drug-likeness (QED) is 0.134. The maximum absolute atomic E-state index is 12.1. The van der Waals surface area contributed by atoms with E-state index in [1.165, 1.54) is 69.5 Å². The molecule has 4 nitrogen and oxygen atoms in total. The summed E-state index contributed by atoms with van der Waals surface area (Å²) >= 11 is 8.33. The van der Waals surface area contributed by atoms with E-state index in [-0.39, 0.29) is 5.92 Å². The third-order valence-corrected chi connectivity index (χ3v) is 9.22. The van der Waals surface area contributed by atoms with E-state index < -0.39 is 22.6 Å². The maximum Gasteiger partial charge on any atom is 0.317 e. The van der Waals surface area contributed by atoms with E-state index in [0.717, 1.165) is 17.7 Å². The van der Waals surface area contributed by atoms with Crippen molar-refractivity contribution in [1.82, 2.24) is 0 Å². The third-order valence-electron chi connectivity index (χ3n) is 6.34. The number of carboxylic acid groups (broad SMARTS) is 2. The Hall–Kier alpha value is -1.05. The van der Waals surface area contributed by atoms with Gasteiger partial charge in [0.2, 0.25) is 0 Å². The van der Waals surface area contributed by atoms with E-state index in [0.29, 0.717) is 16.4 Å². The number of thioether (sulfide) groups is 2. The second-order valence-corrected chi connectivity index (χ2v) is 13.5. The number of unbranched alkanes of at least 4 members (excludes halogenated alkanes) is 9. The van der Waals surface area contributed by atoms with E-state index >= 15 is 0 Å². The normalized spacial score (nSPS) is 13.3.